The second-order valence-corrected chi connectivity index (χ2v) is 7.82. The van der Waals surface area contributed by atoms with Gasteiger partial charge in [-0.3, -0.25) is 4.79 Å². The highest BCUT2D eigenvalue weighted by Crippen LogP contribution is 2.12. The number of benzene rings is 2. The molecule has 0 atom stereocenters. The van der Waals surface area contributed by atoms with Crippen molar-refractivity contribution in [3.05, 3.63) is 59.7 Å². The fourth-order valence-electron chi connectivity index (χ4n) is 2.96. The van der Waals surface area contributed by atoms with Crippen LogP contribution in [0.5, 0.6) is 0 Å². The van der Waals surface area contributed by atoms with Crippen LogP contribution < -0.4 is 15.1 Å². The Hall–Kier alpha value is -3.06. The van der Waals surface area contributed by atoms with Crippen LogP contribution in [-0.4, -0.2) is 76.3 Å². The van der Waals surface area contributed by atoms with E-state index in [-0.39, 0.29) is 5.91 Å². The normalized spacial score (nSPS) is 10.2. The molecule has 0 fully saturated rings. The number of hydrogen-bond donors (Lipinski definition) is 2. The van der Waals surface area contributed by atoms with Crippen LogP contribution in [0.2, 0.25) is 0 Å². The lowest BCUT2D eigenvalue weighted by molar-refractivity contribution is 0.0696. The molecule has 0 radical (unpaired) electrons. The lowest BCUT2D eigenvalue weighted by atomic mass is 10.2. The van der Waals surface area contributed by atoms with E-state index in [1.165, 1.54) is 0 Å². The molecule has 2 rings (SSSR count). The van der Waals surface area contributed by atoms with Crippen molar-refractivity contribution in [3.63, 3.8) is 0 Å². The zero-order chi connectivity index (χ0) is 24.1. The third-order valence-corrected chi connectivity index (χ3v) is 5.11. The van der Waals surface area contributed by atoms with Crippen LogP contribution in [0.25, 0.3) is 0 Å². The highest BCUT2D eigenvalue weighted by atomic mass is 16.4. The van der Waals surface area contributed by atoms with Crippen LogP contribution in [0.4, 0.5) is 11.4 Å². The number of nitrogens with zero attached hydrogens (tertiary/aromatic N) is 3. The van der Waals surface area contributed by atoms with Gasteiger partial charge < -0.3 is 25.1 Å². The maximum absolute atomic E-state index is 12.0. The van der Waals surface area contributed by atoms with Crippen LogP contribution in [0, 0.1) is 0 Å². The van der Waals surface area contributed by atoms with Crippen molar-refractivity contribution < 1.29 is 14.7 Å². The Balaban J connectivity index is 0.000000363. The fraction of sp³-hybridized carbons (Fsp3) is 0.440. The first-order valence-corrected chi connectivity index (χ1v) is 11.0. The van der Waals surface area contributed by atoms with Gasteiger partial charge in [-0.2, -0.15) is 0 Å². The molecule has 0 aliphatic heterocycles. The van der Waals surface area contributed by atoms with Gasteiger partial charge in [-0.15, -0.1) is 0 Å². The van der Waals surface area contributed by atoms with E-state index in [1.807, 2.05) is 62.3 Å². The summed E-state index contributed by atoms with van der Waals surface area (Å²) < 4.78 is 0. The lowest BCUT2D eigenvalue weighted by Gasteiger charge is -2.17. The molecular formula is C25H38N4O3. The molecule has 1 amide bonds. The van der Waals surface area contributed by atoms with Gasteiger partial charge in [0.1, 0.15) is 0 Å². The maximum atomic E-state index is 12.0. The monoisotopic (exact) mass is 442 g/mol. The predicted molar refractivity (Wildman–Crippen MR) is 133 cm³/mol. The van der Waals surface area contributed by atoms with Crippen molar-refractivity contribution in [3.8, 4) is 0 Å². The number of carbonyl (C=O) groups excluding carboxylic acids is 1. The molecule has 2 aromatic rings. The van der Waals surface area contributed by atoms with E-state index < -0.39 is 5.97 Å². The van der Waals surface area contributed by atoms with Gasteiger partial charge in [0, 0.05) is 51.7 Å². The standard InChI is InChI=1S/C16H27N3O.C9H11NO2/c1-5-19(6-2)13-7-12-17-16(20)14-8-10-15(11-9-14)18(3)4;1-10(2)8-5-3-7(4-6-8)9(11)12/h8-11H,5-7,12-13H2,1-4H3,(H,17,20);3-6H,1-2H3,(H,11,12). The van der Waals surface area contributed by atoms with Crippen molar-refractivity contribution in [2.45, 2.75) is 20.3 Å². The van der Waals surface area contributed by atoms with E-state index in [0.717, 1.165) is 49.5 Å². The van der Waals surface area contributed by atoms with E-state index in [4.69, 9.17) is 5.11 Å². The van der Waals surface area contributed by atoms with E-state index in [1.54, 1.807) is 24.3 Å². The Bertz CT molecular complexity index is 814. The molecular weight excluding hydrogens is 404 g/mol. The Morgan fingerprint density at radius 3 is 1.59 bits per heavy atom. The van der Waals surface area contributed by atoms with E-state index in [2.05, 4.69) is 24.1 Å². The average molecular weight is 443 g/mol. The number of carboxylic acid groups (broad SMARTS) is 1. The summed E-state index contributed by atoms with van der Waals surface area (Å²) >= 11 is 0. The minimum absolute atomic E-state index is 0.00912. The van der Waals surface area contributed by atoms with Crippen LogP contribution in [0.3, 0.4) is 0 Å². The minimum atomic E-state index is -0.889. The summed E-state index contributed by atoms with van der Waals surface area (Å²) in [7, 11) is 7.80. The highest BCUT2D eigenvalue weighted by molar-refractivity contribution is 5.94. The third kappa shape index (κ3) is 9.39. The molecule has 2 aromatic carbocycles. The van der Waals surface area contributed by atoms with Gasteiger partial charge in [-0.1, -0.05) is 13.8 Å². The topological polar surface area (TPSA) is 76.1 Å². The summed E-state index contributed by atoms with van der Waals surface area (Å²) in [5.41, 5.74) is 3.14. The van der Waals surface area contributed by atoms with Gasteiger partial charge in [0.15, 0.2) is 0 Å². The van der Waals surface area contributed by atoms with Gasteiger partial charge in [0.2, 0.25) is 0 Å². The number of amides is 1. The van der Waals surface area contributed by atoms with E-state index >= 15 is 0 Å². The zero-order valence-corrected chi connectivity index (χ0v) is 20.3. The number of carbonyl (C=O) groups is 2. The molecule has 0 unspecified atom stereocenters. The molecule has 0 aromatic heterocycles. The molecule has 0 saturated carbocycles. The molecule has 7 heteroatoms. The second kappa shape index (κ2) is 14.1. The van der Waals surface area contributed by atoms with Gasteiger partial charge in [-0.05, 0) is 74.6 Å². The summed E-state index contributed by atoms with van der Waals surface area (Å²) in [6.07, 6.45) is 0.989. The first kappa shape index (κ1) is 27.0. The molecule has 176 valence electrons. The molecule has 0 heterocycles. The fourth-order valence-corrected chi connectivity index (χ4v) is 2.96. The molecule has 0 saturated heterocycles. The number of rotatable bonds is 10. The van der Waals surface area contributed by atoms with Crippen molar-refractivity contribution in [2.75, 3.05) is 64.2 Å². The smallest absolute Gasteiger partial charge is 0.335 e. The Kier molecular flexibility index (Phi) is 11.9. The van der Waals surface area contributed by atoms with Gasteiger partial charge >= 0.3 is 5.97 Å². The Morgan fingerprint density at radius 1 is 0.781 bits per heavy atom. The molecule has 0 aliphatic rings. The summed E-state index contributed by atoms with van der Waals surface area (Å²) in [4.78, 5) is 28.7. The van der Waals surface area contributed by atoms with Gasteiger partial charge in [0.25, 0.3) is 5.91 Å². The van der Waals surface area contributed by atoms with Crippen molar-refractivity contribution in [1.29, 1.82) is 0 Å². The third-order valence-electron chi connectivity index (χ3n) is 5.11. The summed E-state index contributed by atoms with van der Waals surface area (Å²) in [5, 5.41) is 11.6. The molecule has 2 N–H and O–H groups in total. The minimum Gasteiger partial charge on any atom is -0.478 e. The SMILES string of the molecule is CCN(CC)CCCNC(=O)c1ccc(N(C)C)cc1.CN(C)c1ccc(C(=O)O)cc1. The largest absolute Gasteiger partial charge is 0.478 e. The number of hydrogen-bond acceptors (Lipinski definition) is 5. The lowest BCUT2D eigenvalue weighted by Crippen LogP contribution is -2.29. The molecule has 0 bridgehead atoms. The maximum Gasteiger partial charge on any atom is 0.335 e. The van der Waals surface area contributed by atoms with Crippen molar-refractivity contribution in [2.24, 2.45) is 0 Å². The molecule has 32 heavy (non-hydrogen) atoms. The van der Waals surface area contributed by atoms with Crippen molar-refractivity contribution >= 4 is 23.3 Å². The summed E-state index contributed by atoms with van der Waals surface area (Å²) in [5.74, 6) is -0.879. The molecule has 7 nitrogen and oxygen atoms in total. The number of nitrogens with one attached hydrogen (secondary N) is 1. The number of aromatic carboxylic acids is 1. The predicted octanol–water partition coefficient (Wildman–Crippen LogP) is 3.67. The Labute approximate surface area is 192 Å². The zero-order valence-electron chi connectivity index (χ0n) is 20.3. The molecule has 0 spiro atoms. The number of carboxylic acids is 1. The van der Waals surface area contributed by atoms with Crippen LogP contribution in [-0.2, 0) is 0 Å². The first-order chi connectivity index (χ1) is 15.2. The first-order valence-electron chi connectivity index (χ1n) is 11.0. The Morgan fingerprint density at radius 2 is 1.22 bits per heavy atom. The van der Waals surface area contributed by atoms with Crippen LogP contribution in [0.15, 0.2) is 48.5 Å². The molecule has 0 aliphatic carbocycles. The van der Waals surface area contributed by atoms with Gasteiger partial charge in [0.05, 0.1) is 5.56 Å². The average Bonchev–Trinajstić information content (AvgIpc) is 2.79. The van der Waals surface area contributed by atoms with E-state index in [9.17, 15) is 9.59 Å². The summed E-state index contributed by atoms with van der Waals surface area (Å²) in [6, 6.07) is 14.4. The van der Waals surface area contributed by atoms with Crippen molar-refractivity contribution in [1.82, 2.24) is 10.2 Å². The number of anilines is 2. The van der Waals surface area contributed by atoms with Gasteiger partial charge in [-0.25, -0.2) is 4.79 Å². The second-order valence-electron chi connectivity index (χ2n) is 7.82. The van der Waals surface area contributed by atoms with Crippen LogP contribution in [0.1, 0.15) is 41.0 Å². The quantitative estimate of drug-likeness (QED) is 0.547. The van der Waals surface area contributed by atoms with E-state index in [0.29, 0.717) is 5.56 Å². The highest BCUT2D eigenvalue weighted by Gasteiger charge is 2.06. The summed E-state index contributed by atoms with van der Waals surface area (Å²) in [6.45, 7) is 8.22. The van der Waals surface area contributed by atoms with Crippen LogP contribution >= 0.6 is 0 Å².